The Bertz CT molecular complexity index is 2760. The number of benzene rings is 8. The highest BCUT2D eigenvalue weighted by Gasteiger charge is 2.34. The molecule has 0 spiro atoms. The zero-order chi connectivity index (χ0) is 34.1. The highest BCUT2D eigenvalue weighted by Crippen LogP contribution is 2.69. The summed E-state index contributed by atoms with van der Waals surface area (Å²) in [5.41, 5.74) is 11.2. The molecule has 0 amide bonds. The molecule has 1 aliphatic heterocycles. The van der Waals surface area contributed by atoms with Gasteiger partial charge < -0.3 is 4.90 Å². The molecular formula is C48H35NS2. The van der Waals surface area contributed by atoms with Crippen LogP contribution in [0.25, 0.3) is 64.3 Å². The molecule has 2 heterocycles. The zero-order valence-electron chi connectivity index (χ0n) is 28.5. The topological polar surface area (TPSA) is 3.24 Å². The second kappa shape index (κ2) is 11.7. The Hall–Kier alpha value is -5.61. The molecule has 0 atom stereocenters. The summed E-state index contributed by atoms with van der Waals surface area (Å²) in [5.74, 6) is 0. The van der Waals surface area contributed by atoms with Crippen LogP contribution in [-0.2, 0) is 0 Å². The first-order chi connectivity index (χ1) is 25.0. The zero-order valence-corrected chi connectivity index (χ0v) is 30.1. The number of thiophene rings is 1. The summed E-state index contributed by atoms with van der Waals surface area (Å²) in [5, 5.41) is 5.25. The fraction of sp³-hybridized carbons (Fsp3) is 0.0417. The average Bonchev–Trinajstić information content (AvgIpc) is 3.67. The monoisotopic (exact) mass is 689 g/mol. The maximum absolute atomic E-state index is 2.48. The van der Waals surface area contributed by atoms with E-state index in [4.69, 9.17) is 0 Å². The maximum atomic E-state index is 2.48. The van der Waals surface area contributed by atoms with Crippen molar-refractivity contribution in [3.8, 4) is 33.4 Å². The number of hydrogen-bond acceptors (Lipinski definition) is 2. The minimum atomic E-state index is -1.24. The summed E-state index contributed by atoms with van der Waals surface area (Å²) in [7, 11) is -1.24. The second-order valence-electron chi connectivity index (χ2n) is 13.8. The van der Waals surface area contributed by atoms with Crippen LogP contribution < -0.4 is 4.90 Å². The van der Waals surface area contributed by atoms with E-state index in [0.717, 1.165) is 11.4 Å². The summed E-state index contributed by atoms with van der Waals surface area (Å²) in [6.45, 7) is 0. The Labute approximate surface area is 304 Å². The highest BCUT2D eigenvalue weighted by atomic mass is 32.3. The highest BCUT2D eigenvalue weighted by molar-refractivity contribution is 8.33. The van der Waals surface area contributed by atoms with Gasteiger partial charge in [0.15, 0.2) is 0 Å². The molecule has 3 heteroatoms. The summed E-state index contributed by atoms with van der Waals surface area (Å²) in [6, 6.07) is 64.9. The van der Waals surface area contributed by atoms with Crippen molar-refractivity contribution in [3.63, 3.8) is 0 Å². The van der Waals surface area contributed by atoms with Gasteiger partial charge in [0.25, 0.3) is 0 Å². The van der Waals surface area contributed by atoms with Crippen LogP contribution in [0.2, 0.25) is 0 Å². The first-order valence-corrected chi connectivity index (χ1v) is 20.7. The minimum absolute atomic E-state index is 1.14. The van der Waals surface area contributed by atoms with Gasteiger partial charge in [0.05, 0.1) is 0 Å². The number of fused-ring (bicyclic) bond motifs is 8. The summed E-state index contributed by atoms with van der Waals surface area (Å²) < 4.78 is 2.77. The lowest BCUT2D eigenvalue weighted by Crippen LogP contribution is -2.10. The van der Waals surface area contributed by atoms with Gasteiger partial charge >= 0.3 is 0 Å². The lowest BCUT2D eigenvalue weighted by molar-refractivity contribution is 1.26. The largest absolute Gasteiger partial charge is 0.310 e. The number of anilines is 3. The molecule has 8 aromatic carbocycles. The standard InChI is InChI=1S/C48H35NS2/c1-51(2)45-29-28-42-41-14-8-9-15-44(41)50-48(42)47(45)43-27-26-40(31-46(43)51)49(38-22-18-34(19-23-38)32-10-4-3-5-11-32)39-24-20-35(21-25-39)37-17-16-33-12-6-7-13-36(33)30-37/h3-31H,1-2H3. The van der Waals surface area contributed by atoms with Crippen LogP contribution >= 0.6 is 21.4 Å². The van der Waals surface area contributed by atoms with E-state index in [-0.39, 0.29) is 0 Å². The van der Waals surface area contributed by atoms with Crippen molar-refractivity contribution in [2.75, 3.05) is 17.4 Å². The van der Waals surface area contributed by atoms with Gasteiger partial charge in [0, 0.05) is 52.6 Å². The van der Waals surface area contributed by atoms with E-state index >= 15 is 0 Å². The predicted octanol–water partition coefficient (Wildman–Crippen LogP) is 14.5. The minimum Gasteiger partial charge on any atom is -0.310 e. The predicted molar refractivity (Wildman–Crippen MR) is 224 cm³/mol. The van der Waals surface area contributed by atoms with Gasteiger partial charge in [-0.05, 0) is 106 Å². The summed E-state index contributed by atoms with van der Waals surface area (Å²) >= 11 is 1.94. The molecule has 244 valence electrons. The van der Waals surface area contributed by atoms with Crippen LogP contribution in [-0.4, -0.2) is 12.5 Å². The van der Waals surface area contributed by atoms with Crippen molar-refractivity contribution in [1.82, 2.24) is 0 Å². The Kier molecular flexibility index (Phi) is 6.96. The molecule has 0 radical (unpaired) electrons. The van der Waals surface area contributed by atoms with Crippen LogP contribution in [0, 0.1) is 0 Å². The summed E-state index contributed by atoms with van der Waals surface area (Å²) in [6.07, 6.45) is 4.94. The lowest BCUT2D eigenvalue weighted by Gasteiger charge is -2.31. The van der Waals surface area contributed by atoms with Gasteiger partial charge in [0.2, 0.25) is 0 Å². The van der Waals surface area contributed by atoms with E-state index in [1.807, 2.05) is 11.3 Å². The average molecular weight is 690 g/mol. The SMILES string of the molecule is CS1(C)c2cc(N(c3ccc(-c4ccccc4)cc3)c3ccc(-c4ccc5ccccc5c4)cc3)ccc2-c2c1ccc1c2sc2ccccc21. The Morgan fingerprint density at radius 3 is 1.80 bits per heavy atom. The van der Waals surface area contributed by atoms with Gasteiger partial charge in [-0.2, -0.15) is 10.0 Å². The van der Waals surface area contributed by atoms with Gasteiger partial charge in [0.1, 0.15) is 0 Å². The van der Waals surface area contributed by atoms with Crippen LogP contribution in [0.5, 0.6) is 0 Å². The molecule has 1 nitrogen and oxygen atoms in total. The Morgan fingerprint density at radius 1 is 0.431 bits per heavy atom. The van der Waals surface area contributed by atoms with Crippen molar-refractivity contribution in [1.29, 1.82) is 0 Å². The molecule has 1 aliphatic rings. The quantitative estimate of drug-likeness (QED) is 0.174. The number of rotatable bonds is 5. The van der Waals surface area contributed by atoms with Crippen molar-refractivity contribution in [2.24, 2.45) is 0 Å². The van der Waals surface area contributed by atoms with Crippen LogP contribution in [0.4, 0.5) is 17.1 Å². The molecule has 1 aromatic heterocycles. The maximum Gasteiger partial charge on any atom is 0.0472 e. The van der Waals surface area contributed by atoms with Crippen LogP contribution in [0.15, 0.2) is 186 Å². The van der Waals surface area contributed by atoms with Gasteiger partial charge in [-0.3, -0.25) is 0 Å². The lowest BCUT2D eigenvalue weighted by atomic mass is 10.0. The third-order valence-corrected chi connectivity index (χ3v) is 14.6. The molecule has 10 rings (SSSR count). The molecule has 0 saturated heterocycles. The Balaban J connectivity index is 1.10. The van der Waals surface area contributed by atoms with Crippen molar-refractivity contribution >= 4 is 69.4 Å². The van der Waals surface area contributed by atoms with E-state index < -0.39 is 10.0 Å². The molecule has 0 N–H and O–H groups in total. The van der Waals surface area contributed by atoms with E-state index in [9.17, 15) is 0 Å². The van der Waals surface area contributed by atoms with Crippen molar-refractivity contribution in [2.45, 2.75) is 9.79 Å². The third kappa shape index (κ3) is 4.92. The van der Waals surface area contributed by atoms with E-state index in [0.29, 0.717) is 0 Å². The van der Waals surface area contributed by atoms with Crippen LogP contribution in [0.1, 0.15) is 0 Å². The first-order valence-electron chi connectivity index (χ1n) is 17.4. The normalized spacial score (nSPS) is 13.7. The molecule has 0 saturated carbocycles. The molecule has 0 fully saturated rings. The molecule has 9 aromatic rings. The van der Waals surface area contributed by atoms with Gasteiger partial charge in [-0.1, -0.05) is 121 Å². The number of nitrogens with zero attached hydrogens (tertiary/aromatic N) is 1. The first kappa shape index (κ1) is 30.2. The van der Waals surface area contributed by atoms with Crippen molar-refractivity contribution in [3.05, 3.63) is 176 Å². The second-order valence-corrected chi connectivity index (χ2v) is 18.4. The fourth-order valence-electron chi connectivity index (χ4n) is 7.90. The molecule has 0 aliphatic carbocycles. The molecule has 0 bridgehead atoms. The Morgan fingerprint density at radius 2 is 1.04 bits per heavy atom. The van der Waals surface area contributed by atoms with Gasteiger partial charge in [-0.25, -0.2) is 0 Å². The third-order valence-electron chi connectivity index (χ3n) is 10.5. The van der Waals surface area contributed by atoms with Crippen LogP contribution in [0.3, 0.4) is 0 Å². The van der Waals surface area contributed by atoms with E-state index in [2.05, 4.69) is 193 Å². The van der Waals surface area contributed by atoms with E-state index in [1.54, 1.807) is 0 Å². The molecular weight excluding hydrogens is 655 g/mol. The van der Waals surface area contributed by atoms with E-state index in [1.165, 1.54) is 79.8 Å². The smallest absolute Gasteiger partial charge is 0.0472 e. The molecule has 51 heavy (non-hydrogen) atoms. The summed E-state index contributed by atoms with van der Waals surface area (Å²) in [4.78, 5) is 5.37. The van der Waals surface area contributed by atoms with Gasteiger partial charge in [-0.15, -0.1) is 11.3 Å². The molecule has 0 unspecified atom stereocenters. The fourth-order valence-corrected chi connectivity index (χ4v) is 11.7. The van der Waals surface area contributed by atoms with Crippen molar-refractivity contribution < 1.29 is 0 Å². The number of hydrogen-bond donors (Lipinski definition) is 0.